The monoisotopic (exact) mass is 539 g/mol. The van der Waals surface area contributed by atoms with Gasteiger partial charge in [0.15, 0.2) is 0 Å². The van der Waals surface area contributed by atoms with Crippen LogP contribution < -0.4 is 10.2 Å². The van der Waals surface area contributed by atoms with Gasteiger partial charge in [-0.25, -0.2) is 22.4 Å². The number of nitrogens with zero attached hydrogens (tertiary/aromatic N) is 2. The Morgan fingerprint density at radius 3 is 2.24 bits per heavy atom. The van der Waals surface area contributed by atoms with Gasteiger partial charge in [0.1, 0.15) is 23.3 Å². The van der Waals surface area contributed by atoms with E-state index in [-0.39, 0.29) is 11.3 Å². The van der Waals surface area contributed by atoms with Gasteiger partial charge in [0.05, 0.1) is 23.8 Å². The van der Waals surface area contributed by atoms with E-state index in [0.29, 0.717) is 23.8 Å². The molecule has 1 atom stereocenters. The Kier molecular flexibility index (Phi) is 7.09. The molecule has 0 radical (unpaired) electrons. The van der Waals surface area contributed by atoms with Gasteiger partial charge in [0.25, 0.3) is 5.91 Å². The summed E-state index contributed by atoms with van der Waals surface area (Å²) in [5.41, 5.74) is -2.10. The SMILES string of the molecule is C[C@@H]1c2ccc(C(=O)NCc3c(F)cc(F)cc3F)cc2N(Cc2c(F)cccc2C(F)(F)F)C(=O)N1C. The molecule has 0 unspecified atom stereocenters. The van der Waals surface area contributed by atoms with E-state index in [2.05, 4.69) is 5.32 Å². The number of amides is 3. The number of halogens is 7. The normalized spacial score (nSPS) is 15.5. The van der Waals surface area contributed by atoms with E-state index in [0.717, 1.165) is 17.0 Å². The van der Waals surface area contributed by atoms with Gasteiger partial charge in [0.2, 0.25) is 0 Å². The molecule has 0 aliphatic carbocycles. The number of benzene rings is 3. The number of urea groups is 1. The summed E-state index contributed by atoms with van der Waals surface area (Å²) in [7, 11) is 1.43. The van der Waals surface area contributed by atoms with Crippen molar-refractivity contribution in [2.24, 2.45) is 0 Å². The number of rotatable bonds is 5. The first kappa shape index (κ1) is 27.0. The van der Waals surface area contributed by atoms with E-state index >= 15 is 0 Å². The van der Waals surface area contributed by atoms with Crippen molar-refractivity contribution in [1.29, 1.82) is 0 Å². The van der Waals surface area contributed by atoms with E-state index in [1.54, 1.807) is 6.92 Å². The van der Waals surface area contributed by atoms with Gasteiger partial charge >= 0.3 is 12.2 Å². The van der Waals surface area contributed by atoms with Crippen molar-refractivity contribution in [1.82, 2.24) is 10.2 Å². The van der Waals surface area contributed by atoms with Gasteiger partial charge in [-0.05, 0) is 36.8 Å². The number of nitrogens with one attached hydrogen (secondary N) is 1. The number of fused-ring (bicyclic) bond motifs is 1. The molecule has 1 aliphatic heterocycles. The van der Waals surface area contributed by atoms with Crippen molar-refractivity contribution >= 4 is 17.6 Å². The average Bonchev–Trinajstić information content (AvgIpc) is 2.84. The van der Waals surface area contributed by atoms with Gasteiger partial charge < -0.3 is 10.2 Å². The number of carbonyl (C=O) groups is 2. The number of alkyl halides is 3. The lowest BCUT2D eigenvalue weighted by molar-refractivity contribution is -0.138. The summed E-state index contributed by atoms with van der Waals surface area (Å²) in [5.74, 6) is -5.51. The molecule has 3 amide bonds. The van der Waals surface area contributed by atoms with Crippen molar-refractivity contribution in [3.63, 3.8) is 0 Å². The van der Waals surface area contributed by atoms with Crippen LogP contribution in [0.5, 0.6) is 0 Å². The first-order chi connectivity index (χ1) is 17.8. The predicted molar refractivity (Wildman–Crippen MR) is 123 cm³/mol. The summed E-state index contributed by atoms with van der Waals surface area (Å²) in [6.07, 6.45) is -4.88. The van der Waals surface area contributed by atoms with E-state index in [9.17, 15) is 40.3 Å². The second-order valence-corrected chi connectivity index (χ2v) is 8.72. The molecule has 3 aromatic carbocycles. The Morgan fingerprint density at radius 1 is 0.947 bits per heavy atom. The highest BCUT2D eigenvalue weighted by molar-refractivity contribution is 5.99. The number of anilines is 1. The molecular weight excluding hydrogens is 519 g/mol. The van der Waals surface area contributed by atoms with Crippen LogP contribution >= 0.6 is 0 Å². The first-order valence-electron chi connectivity index (χ1n) is 11.2. The van der Waals surface area contributed by atoms with Crippen LogP contribution in [0.4, 0.5) is 41.2 Å². The van der Waals surface area contributed by atoms with E-state index < -0.39 is 77.2 Å². The van der Waals surface area contributed by atoms with E-state index in [1.165, 1.54) is 30.1 Å². The van der Waals surface area contributed by atoms with E-state index in [1.807, 2.05) is 0 Å². The lowest BCUT2D eigenvalue weighted by Gasteiger charge is -2.40. The maximum absolute atomic E-state index is 14.6. The summed E-state index contributed by atoms with van der Waals surface area (Å²) in [4.78, 5) is 28.1. The van der Waals surface area contributed by atoms with Crippen LogP contribution in [0.25, 0.3) is 0 Å². The molecule has 12 heteroatoms. The molecule has 5 nitrogen and oxygen atoms in total. The summed E-state index contributed by atoms with van der Waals surface area (Å²) in [5, 5.41) is 2.29. The van der Waals surface area contributed by atoms with Crippen molar-refractivity contribution in [3.05, 3.63) is 99.6 Å². The lowest BCUT2D eigenvalue weighted by Crippen LogP contribution is -2.47. The van der Waals surface area contributed by atoms with Gasteiger partial charge in [-0.3, -0.25) is 9.69 Å². The minimum Gasteiger partial charge on any atom is -0.348 e. The molecule has 1 heterocycles. The van der Waals surface area contributed by atoms with Crippen LogP contribution in [0.3, 0.4) is 0 Å². The van der Waals surface area contributed by atoms with Crippen LogP contribution in [0, 0.1) is 23.3 Å². The molecule has 0 spiro atoms. The van der Waals surface area contributed by atoms with Crippen molar-refractivity contribution in [2.75, 3.05) is 11.9 Å². The average molecular weight is 539 g/mol. The third kappa shape index (κ3) is 5.02. The Bertz CT molecular complexity index is 1400. The largest absolute Gasteiger partial charge is 0.416 e. The molecule has 4 rings (SSSR count). The Morgan fingerprint density at radius 2 is 1.61 bits per heavy atom. The summed E-state index contributed by atoms with van der Waals surface area (Å²) >= 11 is 0. The Balaban J connectivity index is 1.69. The van der Waals surface area contributed by atoms with Crippen LogP contribution in [0.1, 0.15) is 45.6 Å². The van der Waals surface area contributed by atoms with Crippen LogP contribution in [0.15, 0.2) is 48.5 Å². The zero-order chi connectivity index (χ0) is 27.9. The molecule has 200 valence electrons. The van der Waals surface area contributed by atoms with Crippen molar-refractivity contribution in [2.45, 2.75) is 32.2 Å². The van der Waals surface area contributed by atoms with Gasteiger partial charge in [-0.1, -0.05) is 12.1 Å². The fourth-order valence-corrected chi connectivity index (χ4v) is 4.25. The molecule has 1 N–H and O–H groups in total. The fourth-order valence-electron chi connectivity index (χ4n) is 4.25. The second kappa shape index (κ2) is 9.99. The quantitative estimate of drug-likeness (QED) is 0.386. The van der Waals surface area contributed by atoms with Gasteiger partial charge in [-0.2, -0.15) is 13.2 Å². The third-order valence-corrected chi connectivity index (χ3v) is 6.42. The minimum atomic E-state index is -4.88. The maximum Gasteiger partial charge on any atom is 0.416 e. The molecule has 0 fully saturated rings. The van der Waals surface area contributed by atoms with Crippen molar-refractivity contribution < 1.29 is 40.3 Å². The van der Waals surface area contributed by atoms with E-state index in [4.69, 9.17) is 0 Å². The molecule has 0 bridgehead atoms. The van der Waals surface area contributed by atoms with Crippen LogP contribution in [-0.4, -0.2) is 23.9 Å². The highest BCUT2D eigenvalue weighted by Gasteiger charge is 2.38. The van der Waals surface area contributed by atoms with Gasteiger partial charge in [0, 0.05) is 42.4 Å². The summed E-state index contributed by atoms with van der Waals surface area (Å²) in [6.45, 7) is 0.263. The highest BCUT2D eigenvalue weighted by Crippen LogP contribution is 2.39. The van der Waals surface area contributed by atoms with Crippen LogP contribution in [-0.2, 0) is 19.3 Å². The van der Waals surface area contributed by atoms with Gasteiger partial charge in [-0.15, -0.1) is 0 Å². The number of hydrogen-bond donors (Lipinski definition) is 1. The Hall–Kier alpha value is -4.09. The minimum absolute atomic E-state index is 0.0729. The molecule has 3 aromatic rings. The van der Waals surface area contributed by atoms with Crippen molar-refractivity contribution in [3.8, 4) is 0 Å². The molecular formula is C26H20F7N3O2. The molecule has 38 heavy (non-hydrogen) atoms. The predicted octanol–water partition coefficient (Wildman–Crippen LogP) is 6.32. The van der Waals surface area contributed by atoms with Crippen LogP contribution in [0.2, 0.25) is 0 Å². The summed E-state index contributed by atoms with van der Waals surface area (Å²) in [6, 6.07) is 6.22. The lowest BCUT2D eigenvalue weighted by atomic mass is 9.97. The smallest absolute Gasteiger partial charge is 0.348 e. The molecule has 0 saturated heterocycles. The first-order valence-corrected chi connectivity index (χ1v) is 11.2. The topological polar surface area (TPSA) is 52.7 Å². The highest BCUT2D eigenvalue weighted by atomic mass is 19.4. The zero-order valence-corrected chi connectivity index (χ0v) is 20.0. The molecule has 0 aromatic heterocycles. The number of carbonyl (C=O) groups excluding carboxylic acids is 2. The number of hydrogen-bond acceptors (Lipinski definition) is 2. The fraction of sp³-hybridized carbons (Fsp3) is 0.231. The Labute approximate surface area is 212 Å². The standard InChI is InChI=1S/C26H20F7N3O2/c1-13-16-7-6-14(24(37)34-11-17-21(29)9-15(27)10-22(17)30)8-23(16)36(25(38)35(13)2)12-18-19(26(31,32)33)4-3-5-20(18)28/h3-10,13H,11-12H2,1-2H3,(H,34,37)/t13-/m1/s1. The maximum atomic E-state index is 14.6. The second-order valence-electron chi connectivity index (χ2n) is 8.72. The summed E-state index contributed by atoms with van der Waals surface area (Å²) < 4.78 is 96.3. The molecule has 0 saturated carbocycles. The zero-order valence-electron chi connectivity index (χ0n) is 20.0. The third-order valence-electron chi connectivity index (χ3n) is 6.42. The molecule has 1 aliphatic rings.